The fourth-order valence-corrected chi connectivity index (χ4v) is 1.70. The van der Waals surface area contributed by atoms with Crippen molar-refractivity contribution in [1.82, 2.24) is 10.1 Å². The zero-order valence-electron chi connectivity index (χ0n) is 12.8. The van der Waals surface area contributed by atoms with Gasteiger partial charge in [-0.3, -0.25) is 0 Å². The van der Waals surface area contributed by atoms with Crippen LogP contribution >= 0.6 is 0 Å². The van der Waals surface area contributed by atoms with Crippen LogP contribution in [0.1, 0.15) is 32.5 Å². The molecule has 0 aliphatic carbocycles. The summed E-state index contributed by atoms with van der Waals surface area (Å²) < 4.78 is 16.0. The Hall–Kier alpha value is -2.24. The molecule has 1 aromatic heterocycles. The molecule has 1 N–H and O–H groups in total. The van der Waals surface area contributed by atoms with E-state index in [1.165, 1.54) is 0 Å². The van der Waals surface area contributed by atoms with E-state index in [-0.39, 0.29) is 12.0 Å². The minimum atomic E-state index is -0.0344. The Morgan fingerprint density at radius 1 is 1.14 bits per heavy atom. The van der Waals surface area contributed by atoms with Crippen LogP contribution in [0.25, 0.3) is 0 Å². The molecule has 6 nitrogen and oxygen atoms in total. The summed E-state index contributed by atoms with van der Waals surface area (Å²) in [5.74, 6) is 2.54. The first-order chi connectivity index (χ1) is 10.1. The predicted molar refractivity (Wildman–Crippen MR) is 80.0 cm³/mol. The molecule has 0 aliphatic rings. The quantitative estimate of drug-likeness (QED) is 0.845. The van der Waals surface area contributed by atoms with Crippen LogP contribution in [0, 0.1) is 0 Å². The Kier molecular flexibility index (Phi) is 5.03. The normalized spacial score (nSPS) is 12.2. The molecule has 0 saturated carbocycles. The molecule has 1 heterocycles. The highest BCUT2D eigenvalue weighted by Crippen LogP contribution is 2.18. The third-order valence-electron chi connectivity index (χ3n) is 2.90. The molecular formula is C15H21N3O3. The number of anilines is 1. The van der Waals surface area contributed by atoms with Gasteiger partial charge in [-0.15, -0.1) is 0 Å². The lowest BCUT2D eigenvalue weighted by Crippen LogP contribution is -2.22. The third-order valence-corrected chi connectivity index (χ3v) is 2.90. The van der Waals surface area contributed by atoms with Gasteiger partial charge in [0.2, 0.25) is 0 Å². The van der Waals surface area contributed by atoms with Crippen molar-refractivity contribution in [3.05, 3.63) is 30.1 Å². The molecule has 1 unspecified atom stereocenters. The average molecular weight is 291 g/mol. The number of hydrogen-bond acceptors (Lipinski definition) is 6. The maximum Gasteiger partial charge on any atom is 0.321 e. The van der Waals surface area contributed by atoms with Gasteiger partial charge in [-0.05, 0) is 31.2 Å². The van der Waals surface area contributed by atoms with Crippen molar-refractivity contribution in [3.63, 3.8) is 0 Å². The number of aromatic nitrogens is 2. The minimum absolute atomic E-state index is 0.0344. The second kappa shape index (κ2) is 6.97. The molecule has 0 fully saturated rings. The van der Waals surface area contributed by atoms with Gasteiger partial charge in [0, 0.05) is 5.92 Å². The van der Waals surface area contributed by atoms with Crippen molar-refractivity contribution in [1.29, 1.82) is 0 Å². The predicted octanol–water partition coefficient (Wildman–Crippen LogP) is 3.08. The van der Waals surface area contributed by atoms with E-state index in [9.17, 15) is 0 Å². The SMILES string of the molecule is COc1ccc(OC(C)CNc2nc(C(C)C)no2)cc1. The highest BCUT2D eigenvalue weighted by Gasteiger charge is 2.11. The van der Waals surface area contributed by atoms with Crippen molar-refractivity contribution >= 4 is 6.01 Å². The Morgan fingerprint density at radius 2 is 1.81 bits per heavy atom. The first-order valence-electron chi connectivity index (χ1n) is 6.96. The second-order valence-electron chi connectivity index (χ2n) is 5.10. The summed E-state index contributed by atoms with van der Waals surface area (Å²) in [6.45, 7) is 6.58. The molecule has 0 bridgehead atoms. The Bertz CT molecular complexity index is 552. The van der Waals surface area contributed by atoms with E-state index in [1.807, 2.05) is 45.0 Å². The van der Waals surface area contributed by atoms with E-state index >= 15 is 0 Å². The topological polar surface area (TPSA) is 69.4 Å². The Labute approximate surface area is 124 Å². The van der Waals surface area contributed by atoms with E-state index in [0.29, 0.717) is 18.4 Å². The van der Waals surface area contributed by atoms with E-state index in [1.54, 1.807) is 7.11 Å². The molecule has 0 radical (unpaired) electrons. The standard InChI is InChI=1S/C15H21N3O3/c1-10(2)14-17-15(21-18-14)16-9-11(3)20-13-7-5-12(19-4)6-8-13/h5-8,10-11H,9H2,1-4H3,(H,16,17,18). The number of nitrogens with one attached hydrogen (secondary N) is 1. The zero-order chi connectivity index (χ0) is 15.2. The van der Waals surface area contributed by atoms with Crippen LogP contribution in [0.4, 0.5) is 6.01 Å². The van der Waals surface area contributed by atoms with Crippen LogP contribution in [0.2, 0.25) is 0 Å². The van der Waals surface area contributed by atoms with Crippen LogP contribution in [-0.4, -0.2) is 29.9 Å². The summed E-state index contributed by atoms with van der Waals surface area (Å²) in [6, 6.07) is 7.90. The molecule has 21 heavy (non-hydrogen) atoms. The summed E-state index contributed by atoms with van der Waals surface area (Å²) in [4.78, 5) is 4.25. The largest absolute Gasteiger partial charge is 0.497 e. The van der Waals surface area contributed by atoms with E-state index < -0.39 is 0 Å². The molecule has 114 valence electrons. The van der Waals surface area contributed by atoms with E-state index in [4.69, 9.17) is 14.0 Å². The fraction of sp³-hybridized carbons (Fsp3) is 0.467. The third kappa shape index (κ3) is 4.37. The molecular weight excluding hydrogens is 270 g/mol. The number of methoxy groups -OCH3 is 1. The summed E-state index contributed by atoms with van der Waals surface area (Å²) in [6.07, 6.45) is -0.0344. The molecule has 2 aromatic rings. The second-order valence-corrected chi connectivity index (χ2v) is 5.10. The highest BCUT2D eigenvalue weighted by molar-refractivity contribution is 5.31. The van der Waals surface area contributed by atoms with Gasteiger partial charge in [0.15, 0.2) is 5.82 Å². The van der Waals surface area contributed by atoms with Crippen molar-refractivity contribution in [2.45, 2.75) is 32.8 Å². The monoisotopic (exact) mass is 291 g/mol. The lowest BCUT2D eigenvalue weighted by molar-refractivity contribution is 0.233. The molecule has 0 saturated heterocycles. The van der Waals surface area contributed by atoms with Crippen LogP contribution < -0.4 is 14.8 Å². The van der Waals surface area contributed by atoms with Crippen LogP contribution in [-0.2, 0) is 0 Å². The molecule has 1 atom stereocenters. The molecule has 0 spiro atoms. The fourth-order valence-electron chi connectivity index (χ4n) is 1.70. The first kappa shape index (κ1) is 15.2. The van der Waals surface area contributed by atoms with Gasteiger partial charge < -0.3 is 19.3 Å². The summed E-state index contributed by atoms with van der Waals surface area (Å²) in [5, 5.41) is 6.97. The van der Waals surface area contributed by atoms with E-state index in [0.717, 1.165) is 11.5 Å². The van der Waals surface area contributed by atoms with Crippen molar-refractivity contribution < 1.29 is 14.0 Å². The average Bonchev–Trinajstić information content (AvgIpc) is 2.95. The zero-order valence-corrected chi connectivity index (χ0v) is 12.8. The summed E-state index contributed by atoms with van der Waals surface area (Å²) in [7, 11) is 1.64. The number of ether oxygens (including phenoxy) is 2. The van der Waals surface area contributed by atoms with E-state index in [2.05, 4.69) is 15.5 Å². The maximum atomic E-state index is 5.78. The van der Waals surface area contributed by atoms with Crippen molar-refractivity contribution in [2.75, 3.05) is 19.0 Å². The number of benzene rings is 1. The summed E-state index contributed by atoms with van der Waals surface area (Å²) >= 11 is 0. The molecule has 2 rings (SSSR count). The van der Waals surface area contributed by atoms with Crippen LogP contribution in [0.3, 0.4) is 0 Å². The maximum absolute atomic E-state index is 5.78. The molecule has 1 aromatic carbocycles. The van der Waals surface area contributed by atoms with Crippen molar-refractivity contribution in [2.24, 2.45) is 0 Å². The number of nitrogens with zero attached hydrogens (tertiary/aromatic N) is 2. The smallest absolute Gasteiger partial charge is 0.321 e. The lowest BCUT2D eigenvalue weighted by atomic mass is 10.2. The highest BCUT2D eigenvalue weighted by atomic mass is 16.5. The Balaban J connectivity index is 1.81. The molecule has 0 aliphatic heterocycles. The van der Waals surface area contributed by atoms with Gasteiger partial charge in [0.1, 0.15) is 17.6 Å². The van der Waals surface area contributed by atoms with Crippen LogP contribution in [0.15, 0.2) is 28.8 Å². The number of hydrogen-bond donors (Lipinski definition) is 1. The van der Waals surface area contributed by atoms with Gasteiger partial charge in [0.25, 0.3) is 0 Å². The van der Waals surface area contributed by atoms with Gasteiger partial charge >= 0.3 is 6.01 Å². The van der Waals surface area contributed by atoms with Gasteiger partial charge in [-0.2, -0.15) is 4.98 Å². The minimum Gasteiger partial charge on any atom is -0.497 e. The van der Waals surface area contributed by atoms with Crippen molar-refractivity contribution in [3.8, 4) is 11.5 Å². The Morgan fingerprint density at radius 3 is 2.38 bits per heavy atom. The first-order valence-corrected chi connectivity index (χ1v) is 6.96. The molecule has 0 amide bonds. The lowest BCUT2D eigenvalue weighted by Gasteiger charge is -2.14. The summed E-state index contributed by atoms with van der Waals surface area (Å²) in [5.41, 5.74) is 0. The van der Waals surface area contributed by atoms with Gasteiger partial charge in [0.05, 0.1) is 13.7 Å². The molecule has 6 heteroatoms. The van der Waals surface area contributed by atoms with Crippen LogP contribution in [0.5, 0.6) is 11.5 Å². The number of rotatable bonds is 7. The van der Waals surface area contributed by atoms with Gasteiger partial charge in [-0.25, -0.2) is 0 Å². The van der Waals surface area contributed by atoms with Gasteiger partial charge in [-0.1, -0.05) is 19.0 Å².